The largest absolute Gasteiger partial charge is 0.496 e. The minimum absolute atomic E-state index is 0.0771. The quantitative estimate of drug-likeness (QED) is 0.890. The van der Waals surface area contributed by atoms with Crippen LogP contribution in [0.4, 0.5) is 0 Å². The van der Waals surface area contributed by atoms with E-state index in [2.05, 4.69) is 0 Å². The monoisotopic (exact) mass is 248 g/mol. The SMILES string of the molecule is COc1ccccc1CC(=O)C1(O)CCCCC1. The van der Waals surface area contributed by atoms with Crippen LogP contribution in [0.15, 0.2) is 24.3 Å². The molecule has 1 aliphatic rings. The maximum absolute atomic E-state index is 12.3. The molecular weight excluding hydrogens is 228 g/mol. The van der Waals surface area contributed by atoms with Crippen molar-refractivity contribution in [3.05, 3.63) is 29.8 Å². The highest BCUT2D eigenvalue weighted by Crippen LogP contribution is 2.30. The van der Waals surface area contributed by atoms with Crippen LogP contribution in [0, 0.1) is 0 Å². The Hall–Kier alpha value is -1.35. The van der Waals surface area contributed by atoms with Crippen molar-refractivity contribution in [2.45, 2.75) is 44.1 Å². The predicted octanol–water partition coefficient (Wildman–Crippen LogP) is 2.50. The number of aliphatic hydroxyl groups is 1. The number of ketones is 1. The zero-order chi connectivity index (χ0) is 13.0. The lowest BCUT2D eigenvalue weighted by Gasteiger charge is -2.30. The van der Waals surface area contributed by atoms with Gasteiger partial charge in [-0.1, -0.05) is 37.5 Å². The molecule has 1 aliphatic carbocycles. The van der Waals surface area contributed by atoms with Gasteiger partial charge in [-0.2, -0.15) is 0 Å². The number of ether oxygens (including phenoxy) is 1. The second-order valence-corrected chi connectivity index (χ2v) is 5.00. The topological polar surface area (TPSA) is 46.5 Å². The zero-order valence-electron chi connectivity index (χ0n) is 10.8. The molecule has 3 heteroatoms. The molecule has 0 atom stereocenters. The first kappa shape index (κ1) is 13.1. The van der Waals surface area contributed by atoms with Crippen LogP contribution >= 0.6 is 0 Å². The fraction of sp³-hybridized carbons (Fsp3) is 0.533. The number of carbonyl (C=O) groups excluding carboxylic acids is 1. The van der Waals surface area contributed by atoms with Gasteiger partial charge in [0, 0.05) is 12.0 Å². The second kappa shape index (κ2) is 5.53. The Morgan fingerprint density at radius 2 is 1.94 bits per heavy atom. The fourth-order valence-corrected chi connectivity index (χ4v) is 2.60. The zero-order valence-corrected chi connectivity index (χ0v) is 10.8. The van der Waals surface area contributed by atoms with Crippen molar-refractivity contribution in [3.63, 3.8) is 0 Å². The Kier molecular flexibility index (Phi) is 4.02. The highest BCUT2D eigenvalue weighted by molar-refractivity contribution is 5.89. The van der Waals surface area contributed by atoms with Crippen molar-refractivity contribution in [1.82, 2.24) is 0 Å². The predicted molar refractivity (Wildman–Crippen MR) is 69.7 cm³/mol. The molecule has 0 aliphatic heterocycles. The first-order valence-corrected chi connectivity index (χ1v) is 6.53. The van der Waals surface area contributed by atoms with Gasteiger partial charge in [0.05, 0.1) is 7.11 Å². The van der Waals surface area contributed by atoms with E-state index in [1.54, 1.807) is 7.11 Å². The van der Waals surface area contributed by atoms with Crippen LogP contribution in [0.25, 0.3) is 0 Å². The molecular formula is C15H20O3. The molecule has 98 valence electrons. The van der Waals surface area contributed by atoms with E-state index in [0.29, 0.717) is 18.6 Å². The first-order chi connectivity index (χ1) is 8.65. The minimum atomic E-state index is -1.11. The van der Waals surface area contributed by atoms with Gasteiger partial charge in [-0.05, 0) is 18.9 Å². The summed E-state index contributed by atoms with van der Waals surface area (Å²) >= 11 is 0. The molecule has 1 fully saturated rings. The number of carbonyl (C=O) groups is 1. The number of methoxy groups -OCH3 is 1. The minimum Gasteiger partial charge on any atom is -0.496 e. The molecule has 18 heavy (non-hydrogen) atoms. The Morgan fingerprint density at radius 1 is 1.28 bits per heavy atom. The average molecular weight is 248 g/mol. The standard InChI is InChI=1S/C15H20O3/c1-18-13-8-4-3-7-12(13)11-14(16)15(17)9-5-2-6-10-15/h3-4,7-8,17H,2,5-6,9-11H2,1H3. The molecule has 0 radical (unpaired) electrons. The molecule has 0 amide bonds. The number of para-hydroxylation sites is 1. The van der Waals surface area contributed by atoms with Crippen molar-refractivity contribution >= 4 is 5.78 Å². The normalized spacial score (nSPS) is 18.3. The van der Waals surface area contributed by atoms with E-state index in [1.165, 1.54) is 0 Å². The smallest absolute Gasteiger partial charge is 0.168 e. The van der Waals surface area contributed by atoms with Crippen LogP contribution in [0.1, 0.15) is 37.7 Å². The van der Waals surface area contributed by atoms with Gasteiger partial charge in [-0.25, -0.2) is 0 Å². The summed E-state index contributed by atoms with van der Waals surface area (Å²) in [5.41, 5.74) is -0.261. The summed E-state index contributed by atoms with van der Waals surface area (Å²) in [7, 11) is 1.60. The van der Waals surface area contributed by atoms with Crippen molar-refractivity contribution < 1.29 is 14.6 Å². The van der Waals surface area contributed by atoms with Crippen LogP contribution in [0.2, 0.25) is 0 Å². The van der Waals surface area contributed by atoms with Crippen molar-refractivity contribution in [1.29, 1.82) is 0 Å². The average Bonchev–Trinajstić information content (AvgIpc) is 2.40. The number of Topliss-reactive ketones (excluding diaryl/α,β-unsaturated/α-hetero) is 1. The molecule has 0 spiro atoms. The summed E-state index contributed by atoms with van der Waals surface area (Å²) in [6, 6.07) is 7.48. The van der Waals surface area contributed by atoms with Gasteiger partial charge < -0.3 is 9.84 Å². The van der Waals surface area contributed by atoms with Crippen LogP contribution in [-0.4, -0.2) is 23.6 Å². The van der Waals surface area contributed by atoms with Gasteiger partial charge in [0.2, 0.25) is 0 Å². The van der Waals surface area contributed by atoms with Gasteiger partial charge in [0.15, 0.2) is 5.78 Å². The maximum Gasteiger partial charge on any atom is 0.168 e. The molecule has 1 aromatic carbocycles. The summed E-state index contributed by atoms with van der Waals surface area (Å²) in [4.78, 5) is 12.3. The van der Waals surface area contributed by atoms with Crippen LogP contribution in [-0.2, 0) is 11.2 Å². The maximum atomic E-state index is 12.3. The van der Waals surface area contributed by atoms with Crippen molar-refractivity contribution in [2.24, 2.45) is 0 Å². The van der Waals surface area contributed by atoms with E-state index >= 15 is 0 Å². The molecule has 0 bridgehead atoms. The van der Waals surface area contributed by atoms with E-state index < -0.39 is 5.60 Å². The van der Waals surface area contributed by atoms with Gasteiger partial charge in [0.25, 0.3) is 0 Å². The fourth-order valence-electron chi connectivity index (χ4n) is 2.60. The number of hydrogen-bond acceptors (Lipinski definition) is 3. The van der Waals surface area contributed by atoms with E-state index in [-0.39, 0.29) is 12.2 Å². The summed E-state index contributed by atoms with van der Waals surface area (Å²) in [6.07, 6.45) is 4.44. The third-order valence-corrected chi connectivity index (χ3v) is 3.74. The molecule has 3 nitrogen and oxygen atoms in total. The second-order valence-electron chi connectivity index (χ2n) is 5.00. The van der Waals surface area contributed by atoms with Gasteiger partial charge in [-0.15, -0.1) is 0 Å². The lowest BCUT2D eigenvalue weighted by Crippen LogP contribution is -2.41. The Balaban J connectivity index is 2.10. The van der Waals surface area contributed by atoms with Gasteiger partial charge >= 0.3 is 0 Å². The van der Waals surface area contributed by atoms with Crippen LogP contribution in [0.3, 0.4) is 0 Å². The molecule has 2 rings (SSSR count). The van der Waals surface area contributed by atoms with Crippen molar-refractivity contribution in [2.75, 3.05) is 7.11 Å². The van der Waals surface area contributed by atoms with Crippen molar-refractivity contribution in [3.8, 4) is 5.75 Å². The summed E-state index contributed by atoms with van der Waals surface area (Å²) < 4.78 is 5.23. The van der Waals surface area contributed by atoms with E-state index in [4.69, 9.17) is 4.74 Å². The number of rotatable bonds is 4. The van der Waals surface area contributed by atoms with E-state index in [9.17, 15) is 9.90 Å². The summed E-state index contributed by atoms with van der Waals surface area (Å²) in [5.74, 6) is 0.636. The number of hydrogen-bond donors (Lipinski definition) is 1. The lowest BCUT2D eigenvalue weighted by atomic mass is 9.80. The molecule has 0 saturated heterocycles. The summed E-state index contributed by atoms with van der Waals surface area (Å²) in [5, 5.41) is 10.4. The van der Waals surface area contributed by atoms with Crippen LogP contribution < -0.4 is 4.74 Å². The molecule has 1 saturated carbocycles. The highest BCUT2D eigenvalue weighted by atomic mass is 16.5. The van der Waals surface area contributed by atoms with Crippen LogP contribution in [0.5, 0.6) is 5.75 Å². The summed E-state index contributed by atoms with van der Waals surface area (Å²) in [6.45, 7) is 0. The number of benzene rings is 1. The lowest BCUT2D eigenvalue weighted by molar-refractivity contribution is -0.139. The first-order valence-electron chi connectivity index (χ1n) is 6.53. The molecule has 1 aromatic rings. The Morgan fingerprint density at radius 3 is 2.61 bits per heavy atom. The van der Waals surface area contributed by atoms with E-state index in [0.717, 1.165) is 24.8 Å². The Labute approximate surface area is 108 Å². The third-order valence-electron chi connectivity index (χ3n) is 3.74. The third kappa shape index (κ3) is 2.72. The highest BCUT2D eigenvalue weighted by Gasteiger charge is 2.36. The van der Waals surface area contributed by atoms with E-state index in [1.807, 2.05) is 24.3 Å². The van der Waals surface area contributed by atoms with Gasteiger partial charge in [-0.3, -0.25) is 4.79 Å². The molecule has 0 heterocycles. The molecule has 0 aromatic heterocycles. The van der Waals surface area contributed by atoms with Gasteiger partial charge in [0.1, 0.15) is 11.4 Å². The molecule has 1 N–H and O–H groups in total. The molecule has 0 unspecified atom stereocenters. The Bertz CT molecular complexity index is 420.